The molecular formula is C25H28N2O2. The minimum Gasteiger partial charge on any atom is -0.465 e. The predicted octanol–water partition coefficient (Wildman–Crippen LogP) is 5.24. The lowest BCUT2D eigenvalue weighted by Crippen LogP contribution is -2.56. The molecule has 4 heteroatoms. The maximum absolute atomic E-state index is 11.9. The number of nitrogens with one attached hydrogen (secondary N) is 1. The van der Waals surface area contributed by atoms with Gasteiger partial charge in [-0.2, -0.15) is 0 Å². The van der Waals surface area contributed by atoms with E-state index in [1.807, 2.05) is 18.2 Å². The molecule has 4 rings (SSSR count). The Morgan fingerprint density at radius 1 is 1.07 bits per heavy atom. The number of rotatable bonds is 5. The Labute approximate surface area is 172 Å². The maximum Gasteiger partial charge on any atom is 0.407 e. The van der Waals surface area contributed by atoms with E-state index in [4.69, 9.17) is 0 Å². The van der Waals surface area contributed by atoms with E-state index in [0.717, 1.165) is 19.3 Å². The molecule has 1 unspecified atom stereocenters. The lowest BCUT2D eigenvalue weighted by molar-refractivity contribution is 0.0867. The van der Waals surface area contributed by atoms with Gasteiger partial charge in [-0.3, -0.25) is 0 Å². The highest BCUT2D eigenvalue weighted by Crippen LogP contribution is 2.28. The second-order valence-corrected chi connectivity index (χ2v) is 7.94. The number of benzene rings is 3. The van der Waals surface area contributed by atoms with Gasteiger partial charge in [-0.1, -0.05) is 72.8 Å². The molecule has 0 aromatic heterocycles. The van der Waals surface area contributed by atoms with E-state index in [1.54, 1.807) is 4.90 Å². The van der Waals surface area contributed by atoms with E-state index in [-0.39, 0.29) is 18.1 Å². The van der Waals surface area contributed by atoms with Crippen molar-refractivity contribution in [2.75, 3.05) is 6.54 Å². The lowest BCUT2D eigenvalue weighted by Gasteiger charge is -2.41. The van der Waals surface area contributed by atoms with Crippen LogP contribution in [-0.2, 0) is 6.42 Å². The number of hydrogen-bond acceptors (Lipinski definition) is 2. The Balaban J connectivity index is 1.59. The average Bonchev–Trinajstić information content (AvgIpc) is 2.75. The molecule has 0 radical (unpaired) electrons. The summed E-state index contributed by atoms with van der Waals surface area (Å²) in [6.45, 7) is 2.79. The van der Waals surface area contributed by atoms with E-state index in [9.17, 15) is 9.90 Å². The summed E-state index contributed by atoms with van der Waals surface area (Å²) in [4.78, 5) is 13.6. The van der Waals surface area contributed by atoms with Gasteiger partial charge in [0.15, 0.2) is 0 Å². The van der Waals surface area contributed by atoms with E-state index in [2.05, 4.69) is 66.8 Å². The van der Waals surface area contributed by atoms with Crippen molar-refractivity contribution in [2.24, 2.45) is 0 Å². The molecule has 0 spiro atoms. The topological polar surface area (TPSA) is 52.6 Å². The van der Waals surface area contributed by atoms with Crippen LogP contribution in [0.2, 0.25) is 0 Å². The van der Waals surface area contributed by atoms with Crippen molar-refractivity contribution in [2.45, 2.75) is 44.3 Å². The number of hydrogen-bond donors (Lipinski definition) is 2. The highest BCUT2D eigenvalue weighted by atomic mass is 16.4. The van der Waals surface area contributed by atoms with Gasteiger partial charge in [-0.15, -0.1) is 0 Å². The van der Waals surface area contributed by atoms with E-state index < -0.39 is 6.09 Å². The normalized spacial score (nSPS) is 20.5. The van der Waals surface area contributed by atoms with Crippen molar-refractivity contribution in [1.82, 2.24) is 10.2 Å². The SMILES string of the molecule is C[C@@H](NC1CCCN(C(=O)O)[C@H]1Cc1ccccc1)c1cccc2ccccc12. The van der Waals surface area contributed by atoms with Crippen LogP contribution in [0.3, 0.4) is 0 Å². The molecule has 1 amide bonds. The lowest BCUT2D eigenvalue weighted by atomic mass is 9.89. The molecule has 0 aliphatic carbocycles. The summed E-state index contributed by atoms with van der Waals surface area (Å²) in [5.74, 6) is 0. The maximum atomic E-state index is 11.9. The average molecular weight is 389 g/mol. The van der Waals surface area contributed by atoms with E-state index in [0.29, 0.717) is 6.54 Å². The fourth-order valence-corrected chi connectivity index (χ4v) is 4.64. The van der Waals surface area contributed by atoms with Crippen LogP contribution in [0.4, 0.5) is 4.79 Å². The largest absolute Gasteiger partial charge is 0.465 e. The van der Waals surface area contributed by atoms with Gasteiger partial charge < -0.3 is 15.3 Å². The van der Waals surface area contributed by atoms with Crippen LogP contribution >= 0.6 is 0 Å². The molecule has 1 aliphatic heterocycles. The first-order chi connectivity index (χ1) is 14.1. The van der Waals surface area contributed by atoms with Crippen LogP contribution in [0, 0.1) is 0 Å². The smallest absolute Gasteiger partial charge is 0.407 e. The first kappa shape index (κ1) is 19.5. The zero-order chi connectivity index (χ0) is 20.2. The van der Waals surface area contributed by atoms with Gasteiger partial charge in [-0.05, 0) is 48.1 Å². The molecule has 0 saturated carbocycles. The summed E-state index contributed by atoms with van der Waals surface area (Å²) in [5, 5.41) is 16.1. The van der Waals surface area contributed by atoms with Gasteiger partial charge >= 0.3 is 6.09 Å². The summed E-state index contributed by atoms with van der Waals surface area (Å²) in [5.41, 5.74) is 2.43. The molecule has 1 aliphatic rings. The minimum absolute atomic E-state index is 0.0684. The number of likely N-dealkylation sites (tertiary alicyclic amines) is 1. The zero-order valence-electron chi connectivity index (χ0n) is 16.8. The molecule has 150 valence electrons. The van der Waals surface area contributed by atoms with Gasteiger partial charge in [0.2, 0.25) is 0 Å². The fourth-order valence-electron chi connectivity index (χ4n) is 4.64. The monoisotopic (exact) mass is 388 g/mol. The first-order valence-corrected chi connectivity index (χ1v) is 10.4. The van der Waals surface area contributed by atoms with E-state index in [1.165, 1.54) is 21.9 Å². The third kappa shape index (κ3) is 4.28. The van der Waals surface area contributed by atoms with Crippen molar-refractivity contribution in [3.8, 4) is 0 Å². The number of piperidine rings is 1. The molecule has 2 N–H and O–H groups in total. The number of amides is 1. The van der Waals surface area contributed by atoms with Crippen molar-refractivity contribution >= 4 is 16.9 Å². The van der Waals surface area contributed by atoms with Gasteiger partial charge in [0.1, 0.15) is 0 Å². The molecular weight excluding hydrogens is 360 g/mol. The van der Waals surface area contributed by atoms with Crippen molar-refractivity contribution in [3.63, 3.8) is 0 Å². The minimum atomic E-state index is -0.824. The summed E-state index contributed by atoms with van der Waals surface area (Å²) in [6, 6.07) is 25.2. The Kier molecular flexibility index (Phi) is 5.81. The second kappa shape index (κ2) is 8.66. The van der Waals surface area contributed by atoms with Crippen LogP contribution in [0.15, 0.2) is 72.8 Å². The Morgan fingerprint density at radius 3 is 2.59 bits per heavy atom. The molecule has 1 heterocycles. The van der Waals surface area contributed by atoms with Gasteiger partial charge in [0.25, 0.3) is 0 Å². The number of carboxylic acid groups (broad SMARTS) is 1. The summed E-state index contributed by atoms with van der Waals surface area (Å²) >= 11 is 0. The Morgan fingerprint density at radius 2 is 1.79 bits per heavy atom. The molecule has 1 fully saturated rings. The molecule has 0 bridgehead atoms. The summed E-state index contributed by atoms with van der Waals surface area (Å²) in [7, 11) is 0. The second-order valence-electron chi connectivity index (χ2n) is 7.94. The standard InChI is InChI=1S/C25H28N2O2/c1-18(21-14-7-12-20-11-5-6-13-22(20)21)26-23-15-8-16-27(25(28)29)24(23)17-19-9-3-2-4-10-19/h2-7,9-14,18,23-24,26H,8,15-17H2,1H3,(H,28,29)/t18-,23?,24+/m1/s1. The first-order valence-electron chi connectivity index (χ1n) is 10.4. The molecule has 3 atom stereocenters. The van der Waals surface area contributed by atoms with Crippen LogP contribution < -0.4 is 5.32 Å². The number of nitrogens with zero attached hydrogens (tertiary/aromatic N) is 1. The molecule has 3 aromatic rings. The van der Waals surface area contributed by atoms with Crippen molar-refractivity contribution < 1.29 is 9.90 Å². The van der Waals surface area contributed by atoms with Crippen molar-refractivity contribution in [1.29, 1.82) is 0 Å². The zero-order valence-corrected chi connectivity index (χ0v) is 16.8. The molecule has 3 aromatic carbocycles. The van der Waals surface area contributed by atoms with Crippen LogP contribution in [0.1, 0.15) is 36.9 Å². The molecule has 4 nitrogen and oxygen atoms in total. The third-order valence-corrected chi connectivity index (χ3v) is 6.07. The predicted molar refractivity (Wildman–Crippen MR) is 117 cm³/mol. The van der Waals surface area contributed by atoms with Gasteiger partial charge in [0, 0.05) is 18.6 Å². The van der Waals surface area contributed by atoms with E-state index >= 15 is 0 Å². The molecule has 29 heavy (non-hydrogen) atoms. The summed E-state index contributed by atoms with van der Waals surface area (Å²) < 4.78 is 0. The van der Waals surface area contributed by atoms with Gasteiger partial charge in [-0.25, -0.2) is 4.79 Å². The highest BCUT2D eigenvalue weighted by Gasteiger charge is 2.35. The van der Waals surface area contributed by atoms with Crippen molar-refractivity contribution in [3.05, 3.63) is 83.9 Å². The van der Waals surface area contributed by atoms with Crippen LogP contribution in [0.25, 0.3) is 10.8 Å². The highest BCUT2D eigenvalue weighted by molar-refractivity contribution is 5.86. The Hall–Kier alpha value is -2.85. The third-order valence-electron chi connectivity index (χ3n) is 6.07. The summed E-state index contributed by atoms with van der Waals surface area (Å²) in [6.07, 6.45) is 1.77. The number of fused-ring (bicyclic) bond motifs is 1. The van der Waals surface area contributed by atoms with Crippen LogP contribution in [0.5, 0.6) is 0 Å². The molecule has 1 saturated heterocycles. The van der Waals surface area contributed by atoms with Crippen LogP contribution in [-0.4, -0.2) is 34.7 Å². The van der Waals surface area contributed by atoms with Gasteiger partial charge in [0.05, 0.1) is 6.04 Å². The number of carbonyl (C=O) groups is 1. The Bertz CT molecular complexity index is 967. The quantitative estimate of drug-likeness (QED) is 0.628. The fraction of sp³-hybridized carbons (Fsp3) is 0.320.